The first kappa shape index (κ1) is 18.7. The van der Waals surface area contributed by atoms with Gasteiger partial charge in [-0.1, -0.05) is 0 Å². The molecule has 2 aromatic carbocycles. The first-order valence-electron chi connectivity index (χ1n) is 9.72. The zero-order valence-electron chi connectivity index (χ0n) is 16.3. The predicted octanol–water partition coefficient (Wildman–Crippen LogP) is 5.30. The van der Waals surface area contributed by atoms with E-state index in [1.165, 1.54) is 23.5 Å². The van der Waals surface area contributed by atoms with Crippen LogP contribution >= 0.6 is 11.3 Å². The highest BCUT2D eigenvalue weighted by Gasteiger charge is 2.31. The third kappa shape index (κ3) is 3.43. The monoisotopic (exact) mass is 422 g/mol. The first-order valence-corrected chi connectivity index (χ1v) is 10.6. The molecule has 5 rings (SSSR count). The number of hydrogen-bond donors (Lipinski definition) is 1. The fourth-order valence-electron chi connectivity index (χ4n) is 3.94. The van der Waals surface area contributed by atoms with Gasteiger partial charge in [-0.3, -0.25) is 4.79 Å². The van der Waals surface area contributed by atoms with Crippen molar-refractivity contribution in [2.75, 3.05) is 6.54 Å². The van der Waals surface area contributed by atoms with Gasteiger partial charge in [0, 0.05) is 36.7 Å². The maximum absolute atomic E-state index is 13.3. The summed E-state index contributed by atoms with van der Waals surface area (Å²) < 4.78 is 19.5. The van der Waals surface area contributed by atoms with Crippen LogP contribution in [-0.4, -0.2) is 32.3 Å². The van der Waals surface area contributed by atoms with Gasteiger partial charge in [-0.15, -0.1) is 11.3 Å². The van der Waals surface area contributed by atoms with Crippen molar-refractivity contribution in [3.8, 4) is 22.3 Å². The number of nitrogens with zero attached hydrogens (tertiary/aromatic N) is 3. The number of carbonyl (C=O) groups excluding carboxylic acids is 1. The highest BCUT2D eigenvalue weighted by atomic mass is 32.1. The molecule has 0 radical (unpaired) electrons. The summed E-state index contributed by atoms with van der Waals surface area (Å²) in [6.07, 6.45) is 3.54. The quantitative estimate of drug-likeness (QED) is 0.484. The van der Waals surface area contributed by atoms with Crippen LogP contribution < -0.4 is 4.74 Å². The van der Waals surface area contributed by atoms with Crippen molar-refractivity contribution in [1.29, 1.82) is 0 Å². The zero-order valence-corrected chi connectivity index (χ0v) is 17.1. The van der Waals surface area contributed by atoms with Crippen molar-refractivity contribution in [1.82, 2.24) is 19.9 Å². The van der Waals surface area contributed by atoms with Crippen LogP contribution in [0.15, 0.2) is 48.0 Å². The van der Waals surface area contributed by atoms with Gasteiger partial charge in [-0.25, -0.2) is 14.4 Å². The van der Waals surface area contributed by atoms with E-state index in [0.29, 0.717) is 17.3 Å². The van der Waals surface area contributed by atoms with Gasteiger partial charge in [-0.05, 0) is 43.2 Å². The number of nitrogens with one attached hydrogen (secondary N) is 1. The summed E-state index contributed by atoms with van der Waals surface area (Å²) in [7, 11) is 0. The first-order chi connectivity index (χ1) is 14.6. The van der Waals surface area contributed by atoms with Crippen LogP contribution in [0.25, 0.3) is 21.9 Å². The van der Waals surface area contributed by atoms with Crippen LogP contribution in [-0.2, 0) is 4.79 Å². The molecule has 1 atom stereocenters. The fourth-order valence-corrected chi connectivity index (χ4v) is 4.52. The molecule has 6 nitrogen and oxygen atoms in total. The number of amides is 1. The van der Waals surface area contributed by atoms with Crippen molar-refractivity contribution in [2.24, 2.45) is 0 Å². The number of halogens is 1. The summed E-state index contributed by atoms with van der Waals surface area (Å²) in [5.74, 6) is 1.56. The van der Waals surface area contributed by atoms with Crippen LogP contribution in [0.3, 0.4) is 0 Å². The van der Waals surface area contributed by atoms with E-state index in [9.17, 15) is 9.18 Å². The number of ether oxygens (including phenoxy) is 1. The van der Waals surface area contributed by atoms with Gasteiger partial charge in [0.25, 0.3) is 0 Å². The molecule has 1 amide bonds. The smallest absolute Gasteiger partial charge is 0.219 e. The Labute approximate surface area is 176 Å². The van der Waals surface area contributed by atoms with E-state index >= 15 is 0 Å². The maximum Gasteiger partial charge on any atom is 0.219 e. The summed E-state index contributed by atoms with van der Waals surface area (Å²) in [5.41, 5.74) is 2.51. The lowest BCUT2D eigenvalue weighted by molar-refractivity contribution is -0.129. The van der Waals surface area contributed by atoms with Gasteiger partial charge in [0.05, 0.1) is 17.1 Å². The molecular formula is C22H19FN4O2S. The van der Waals surface area contributed by atoms with E-state index in [2.05, 4.69) is 15.0 Å². The minimum atomic E-state index is -0.322. The van der Waals surface area contributed by atoms with Crippen molar-refractivity contribution >= 4 is 28.3 Å². The Morgan fingerprint density at radius 3 is 2.87 bits per heavy atom. The minimum absolute atomic E-state index is 0.0402. The van der Waals surface area contributed by atoms with Gasteiger partial charge in [-0.2, -0.15) is 0 Å². The Bertz CT molecular complexity index is 1200. The summed E-state index contributed by atoms with van der Waals surface area (Å²) in [4.78, 5) is 26.4. The number of fused-ring (bicyclic) bond motifs is 1. The highest BCUT2D eigenvalue weighted by molar-refractivity contribution is 7.13. The molecule has 1 aliphatic heterocycles. The molecule has 1 fully saturated rings. The minimum Gasteiger partial charge on any atom is -0.457 e. The number of H-pyrrole nitrogens is 1. The van der Waals surface area contributed by atoms with E-state index in [-0.39, 0.29) is 17.8 Å². The summed E-state index contributed by atoms with van der Waals surface area (Å²) in [6, 6.07) is 9.70. The van der Waals surface area contributed by atoms with Crippen molar-refractivity contribution in [2.45, 2.75) is 25.8 Å². The molecule has 0 bridgehead atoms. The Morgan fingerprint density at radius 1 is 1.30 bits per heavy atom. The lowest BCUT2D eigenvalue weighted by Gasteiger charge is -2.25. The normalized spacial score (nSPS) is 16.3. The van der Waals surface area contributed by atoms with Gasteiger partial charge in [0.2, 0.25) is 5.91 Å². The molecule has 30 heavy (non-hydrogen) atoms. The summed E-state index contributed by atoms with van der Waals surface area (Å²) in [5, 5.41) is 2.71. The predicted molar refractivity (Wildman–Crippen MR) is 113 cm³/mol. The molecule has 1 unspecified atom stereocenters. The molecular weight excluding hydrogens is 403 g/mol. The van der Waals surface area contributed by atoms with Crippen molar-refractivity contribution < 1.29 is 13.9 Å². The van der Waals surface area contributed by atoms with Crippen LogP contribution in [0, 0.1) is 5.82 Å². The molecule has 1 aliphatic rings. The molecule has 152 valence electrons. The Kier molecular flexibility index (Phi) is 4.71. The molecule has 8 heteroatoms. The number of hydrogen-bond acceptors (Lipinski definition) is 5. The Balaban J connectivity index is 1.62. The number of carbonyl (C=O) groups is 1. The molecule has 1 saturated heterocycles. The number of thiazole rings is 1. The second kappa shape index (κ2) is 7.53. The van der Waals surface area contributed by atoms with Crippen molar-refractivity contribution in [3.05, 3.63) is 59.4 Å². The standard InChI is InChI=1S/C22H19FN4O2S/c1-13(28)27-9-2-3-19(27)16-11-17-18(26-21(25-17)22-24-8-10-30-22)12-20(16)29-15-6-4-14(23)5-7-15/h4-8,10-12,19H,2-3,9H2,1H3,(H,25,26). The number of likely N-dealkylation sites (tertiary alicyclic amines) is 1. The fraction of sp³-hybridized carbons (Fsp3) is 0.227. The van der Waals surface area contributed by atoms with Gasteiger partial charge in [0.15, 0.2) is 10.8 Å². The maximum atomic E-state index is 13.3. The van der Waals surface area contributed by atoms with Gasteiger partial charge in [0.1, 0.15) is 17.3 Å². The lowest BCUT2D eigenvalue weighted by Crippen LogP contribution is -2.28. The van der Waals surface area contributed by atoms with E-state index < -0.39 is 0 Å². The third-order valence-electron chi connectivity index (χ3n) is 5.31. The number of rotatable bonds is 4. The Morgan fingerprint density at radius 2 is 2.13 bits per heavy atom. The number of imidazole rings is 1. The van der Waals surface area contributed by atoms with Crippen LogP contribution in [0.4, 0.5) is 4.39 Å². The van der Waals surface area contributed by atoms with Crippen LogP contribution in [0.5, 0.6) is 11.5 Å². The van der Waals surface area contributed by atoms with Gasteiger partial charge >= 0.3 is 0 Å². The molecule has 2 aromatic heterocycles. The average Bonchev–Trinajstić information content (AvgIpc) is 3.48. The van der Waals surface area contributed by atoms with Gasteiger partial charge < -0.3 is 14.6 Å². The third-order valence-corrected chi connectivity index (χ3v) is 6.09. The topological polar surface area (TPSA) is 71.1 Å². The largest absolute Gasteiger partial charge is 0.457 e. The highest BCUT2D eigenvalue weighted by Crippen LogP contribution is 2.41. The molecule has 0 saturated carbocycles. The second-order valence-electron chi connectivity index (χ2n) is 7.26. The Hall–Kier alpha value is -3.26. The molecule has 0 spiro atoms. The zero-order chi connectivity index (χ0) is 20.7. The van der Waals surface area contributed by atoms with E-state index in [1.54, 1.807) is 25.3 Å². The molecule has 0 aliphatic carbocycles. The molecule has 4 aromatic rings. The van der Waals surface area contributed by atoms with E-state index in [0.717, 1.165) is 41.0 Å². The summed E-state index contributed by atoms with van der Waals surface area (Å²) in [6.45, 7) is 2.31. The average molecular weight is 422 g/mol. The number of aromatic amines is 1. The number of aromatic nitrogens is 3. The van der Waals surface area contributed by atoms with E-state index in [1.807, 2.05) is 22.4 Å². The molecule has 1 N–H and O–H groups in total. The number of benzene rings is 2. The van der Waals surface area contributed by atoms with Crippen molar-refractivity contribution in [3.63, 3.8) is 0 Å². The SMILES string of the molecule is CC(=O)N1CCCC1c1cc2[nH]c(-c3nccs3)nc2cc1Oc1ccc(F)cc1. The van der Waals surface area contributed by atoms with Crippen LogP contribution in [0.2, 0.25) is 0 Å². The van der Waals surface area contributed by atoms with Crippen LogP contribution in [0.1, 0.15) is 31.4 Å². The summed E-state index contributed by atoms with van der Waals surface area (Å²) >= 11 is 1.51. The molecule has 3 heterocycles. The van der Waals surface area contributed by atoms with E-state index in [4.69, 9.17) is 4.74 Å². The lowest BCUT2D eigenvalue weighted by atomic mass is 10.0. The second-order valence-corrected chi connectivity index (χ2v) is 8.15.